The Labute approximate surface area is 208 Å². The molecule has 3 unspecified atom stereocenters. The Bertz CT molecular complexity index is 583. The molecule has 34 heavy (non-hydrogen) atoms. The summed E-state index contributed by atoms with van der Waals surface area (Å²) in [7, 11) is 0. The number of rotatable bonds is 22. The van der Waals surface area contributed by atoms with Gasteiger partial charge in [0.05, 0.1) is 31.3 Å². The molecule has 0 aliphatic heterocycles. The van der Waals surface area contributed by atoms with Crippen molar-refractivity contribution < 1.29 is 20.1 Å². The van der Waals surface area contributed by atoms with Crippen molar-refractivity contribution >= 4 is 5.91 Å². The summed E-state index contributed by atoms with van der Waals surface area (Å²) in [6.45, 7) is 4.00. The molecule has 3 atom stereocenters. The van der Waals surface area contributed by atoms with Crippen molar-refractivity contribution in [3.8, 4) is 0 Å². The van der Waals surface area contributed by atoms with Crippen LogP contribution in [0.4, 0.5) is 0 Å². The lowest BCUT2D eigenvalue weighted by molar-refractivity contribution is -0.124. The third-order valence-electron chi connectivity index (χ3n) is 5.55. The van der Waals surface area contributed by atoms with Gasteiger partial charge in [0.1, 0.15) is 0 Å². The van der Waals surface area contributed by atoms with Gasteiger partial charge in [-0.05, 0) is 57.8 Å². The average Bonchev–Trinajstić information content (AvgIpc) is 2.82. The molecule has 5 heteroatoms. The number of amides is 1. The number of hydrogen-bond donors (Lipinski definition) is 4. The Morgan fingerprint density at radius 2 is 1.29 bits per heavy atom. The van der Waals surface area contributed by atoms with Crippen LogP contribution < -0.4 is 5.32 Å². The van der Waals surface area contributed by atoms with E-state index in [9.17, 15) is 20.1 Å². The first-order chi connectivity index (χ1) is 16.5. The molecule has 1 amide bonds. The molecule has 0 radical (unpaired) electrons. The summed E-state index contributed by atoms with van der Waals surface area (Å²) in [6.07, 6.45) is 28.1. The minimum atomic E-state index is -0.960. The molecule has 0 rings (SSSR count). The predicted molar refractivity (Wildman–Crippen MR) is 144 cm³/mol. The fourth-order valence-corrected chi connectivity index (χ4v) is 3.41. The lowest BCUT2D eigenvalue weighted by atomic mass is 10.1. The van der Waals surface area contributed by atoms with E-state index in [0.29, 0.717) is 6.42 Å². The summed E-state index contributed by atoms with van der Waals surface area (Å²) >= 11 is 0. The first-order valence-corrected chi connectivity index (χ1v) is 13.4. The second kappa shape index (κ2) is 24.4. The number of hydrogen-bond acceptors (Lipinski definition) is 4. The second-order valence-corrected chi connectivity index (χ2v) is 8.92. The van der Waals surface area contributed by atoms with Crippen LogP contribution in [0.5, 0.6) is 0 Å². The van der Waals surface area contributed by atoms with Crippen LogP contribution in [0.2, 0.25) is 0 Å². The van der Waals surface area contributed by atoms with Crippen LogP contribution in [0.15, 0.2) is 48.6 Å². The SMILES string of the molecule is CCC/C=C/CC/C=C/CC/C=C/C(O)C(CO)NC(=O)CC(O)CCCC/C=C\CCCC. The van der Waals surface area contributed by atoms with Crippen LogP contribution in [0, 0.1) is 0 Å². The minimum Gasteiger partial charge on any atom is -0.394 e. The minimum absolute atomic E-state index is 0.0162. The van der Waals surface area contributed by atoms with Gasteiger partial charge in [0, 0.05) is 0 Å². The first kappa shape index (κ1) is 32.3. The van der Waals surface area contributed by atoms with E-state index in [1.165, 1.54) is 19.3 Å². The third kappa shape index (κ3) is 20.9. The van der Waals surface area contributed by atoms with Crippen LogP contribution in [0.25, 0.3) is 0 Å². The molecule has 0 aromatic heterocycles. The number of nitrogens with one attached hydrogen (secondary N) is 1. The first-order valence-electron chi connectivity index (χ1n) is 13.4. The van der Waals surface area contributed by atoms with Crippen molar-refractivity contribution in [1.29, 1.82) is 0 Å². The van der Waals surface area contributed by atoms with Gasteiger partial charge in [-0.3, -0.25) is 4.79 Å². The largest absolute Gasteiger partial charge is 0.394 e. The summed E-state index contributed by atoms with van der Waals surface area (Å²) in [6, 6.07) is -0.769. The molecule has 196 valence electrons. The Hall–Kier alpha value is -1.69. The topological polar surface area (TPSA) is 89.8 Å². The number of aliphatic hydroxyl groups excluding tert-OH is 3. The second-order valence-electron chi connectivity index (χ2n) is 8.92. The summed E-state index contributed by atoms with van der Waals surface area (Å²) < 4.78 is 0. The van der Waals surface area contributed by atoms with Gasteiger partial charge in [-0.1, -0.05) is 88.1 Å². The average molecular weight is 478 g/mol. The number of aliphatic hydroxyl groups is 3. The van der Waals surface area contributed by atoms with Gasteiger partial charge in [0.15, 0.2) is 0 Å². The van der Waals surface area contributed by atoms with E-state index in [2.05, 4.69) is 55.6 Å². The standard InChI is InChI=1S/C29H51NO4/c1-3-5-7-9-11-13-14-15-17-19-21-23-28(33)27(25-31)30-29(34)24-26(32)22-20-18-16-12-10-8-6-4-2/h7,9-10,12,14-15,21,23,26-28,31-33H,3-6,8,11,13,16-20,22,24-25H2,1-2H3,(H,30,34)/b9-7+,12-10-,15-14+,23-21+. The van der Waals surface area contributed by atoms with Crippen LogP contribution in [-0.2, 0) is 4.79 Å². The summed E-state index contributed by atoms with van der Waals surface area (Å²) in [5.74, 6) is -0.352. The number of carbonyl (C=O) groups is 1. The van der Waals surface area contributed by atoms with Crippen LogP contribution in [0.3, 0.4) is 0 Å². The van der Waals surface area contributed by atoms with Crippen molar-refractivity contribution in [2.45, 2.75) is 122 Å². The number of carbonyl (C=O) groups excluding carboxylic acids is 1. The normalized spacial score (nSPS) is 15.1. The van der Waals surface area contributed by atoms with Crippen molar-refractivity contribution in [1.82, 2.24) is 5.32 Å². The van der Waals surface area contributed by atoms with Crippen LogP contribution in [0.1, 0.15) is 104 Å². The molecule has 0 fully saturated rings. The van der Waals surface area contributed by atoms with Gasteiger partial charge in [-0.25, -0.2) is 0 Å². The Morgan fingerprint density at radius 3 is 1.88 bits per heavy atom. The smallest absolute Gasteiger partial charge is 0.222 e. The summed E-state index contributed by atoms with van der Waals surface area (Å²) in [5, 5.41) is 32.5. The molecule has 4 N–H and O–H groups in total. The highest BCUT2D eigenvalue weighted by atomic mass is 16.3. The molecule has 5 nitrogen and oxygen atoms in total. The van der Waals surface area contributed by atoms with Crippen molar-refractivity contribution in [2.75, 3.05) is 6.61 Å². The van der Waals surface area contributed by atoms with E-state index in [-0.39, 0.29) is 18.9 Å². The van der Waals surface area contributed by atoms with Gasteiger partial charge in [0.2, 0.25) is 5.91 Å². The monoisotopic (exact) mass is 477 g/mol. The molecule has 0 aromatic carbocycles. The molecule has 0 aliphatic carbocycles. The number of unbranched alkanes of at least 4 members (excludes halogenated alkanes) is 7. The van der Waals surface area contributed by atoms with E-state index in [1.807, 2.05) is 6.08 Å². The van der Waals surface area contributed by atoms with E-state index in [0.717, 1.165) is 57.8 Å². The van der Waals surface area contributed by atoms with Crippen molar-refractivity contribution in [2.24, 2.45) is 0 Å². The van der Waals surface area contributed by atoms with Crippen LogP contribution >= 0.6 is 0 Å². The van der Waals surface area contributed by atoms with Crippen molar-refractivity contribution in [3.63, 3.8) is 0 Å². The molecule has 0 saturated heterocycles. The quantitative estimate of drug-likeness (QED) is 0.115. The molecule has 0 heterocycles. The Morgan fingerprint density at radius 1 is 0.735 bits per heavy atom. The van der Waals surface area contributed by atoms with E-state index in [4.69, 9.17) is 0 Å². The Kier molecular flexibility index (Phi) is 23.2. The van der Waals surface area contributed by atoms with Gasteiger partial charge in [-0.15, -0.1) is 0 Å². The lowest BCUT2D eigenvalue weighted by Gasteiger charge is -2.20. The zero-order valence-electron chi connectivity index (χ0n) is 21.7. The summed E-state index contributed by atoms with van der Waals surface area (Å²) in [4.78, 5) is 12.2. The fourth-order valence-electron chi connectivity index (χ4n) is 3.41. The van der Waals surface area contributed by atoms with Gasteiger partial charge in [0.25, 0.3) is 0 Å². The molecular weight excluding hydrogens is 426 g/mol. The summed E-state index contributed by atoms with van der Waals surface area (Å²) in [5.41, 5.74) is 0. The van der Waals surface area contributed by atoms with E-state index >= 15 is 0 Å². The maximum Gasteiger partial charge on any atom is 0.222 e. The molecule has 0 spiro atoms. The highest BCUT2D eigenvalue weighted by Crippen LogP contribution is 2.09. The number of allylic oxidation sites excluding steroid dienone is 7. The molecule has 0 saturated carbocycles. The third-order valence-corrected chi connectivity index (χ3v) is 5.55. The van der Waals surface area contributed by atoms with Gasteiger partial charge >= 0.3 is 0 Å². The van der Waals surface area contributed by atoms with Crippen LogP contribution in [-0.4, -0.2) is 46.1 Å². The molecular formula is C29H51NO4. The fraction of sp³-hybridized carbons (Fsp3) is 0.690. The molecule has 0 aromatic rings. The highest BCUT2D eigenvalue weighted by molar-refractivity contribution is 5.76. The zero-order chi connectivity index (χ0) is 25.3. The zero-order valence-corrected chi connectivity index (χ0v) is 21.7. The highest BCUT2D eigenvalue weighted by Gasteiger charge is 2.19. The molecule has 0 aliphatic rings. The van der Waals surface area contributed by atoms with E-state index in [1.54, 1.807) is 6.08 Å². The maximum atomic E-state index is 12.2. The van der Waals surface area contributed by atoms with Gasteiger partial charge in [-0.2, -0.15) is 0 Å². The van der Waals surface area contributed by atoms with E-state index < -0.39 is 18.2 Å². The molecule has 0 bridgehead atoms. The van der Waals surface area contributed by atoms with Crippen molar-refractivity contribution in [3.05, 3.63) is 48.6 Å². The lowest BCUT2D eigenvalue weighted by Crippen LogP contribution is -2.45. The Balaban J connectivity index is 4.02. The maximum absolute atomic E-state index is 12.2. The van der Waals surface area contributed by atoms with Gasteiger partial charge < -0.3 is 20.6 Å². The predicted octanol–water partition coefficient (Wildman–Crippen LogP) is 5.91.